The number of halogens is 3. The van der Waals surface area contributed by atoms with E-state index in [1.165, 1.54) is 0 Å². The predicted molar refractivity (Wildman–Crippen MR) is 58.8 cm³/mol. The van der Waals surface area contributed by atoms with Gasteiger partial charge in [-0.25, -0.2) is 0 Å². The van der Waals surface area contributed by atoms with Gasteiger partial charge in [0.25, 0.3) is 0 Å². The third-order valence-corrected chi connectivity index (χ3v) is 4.05. The van der Waals surface area contributed by atoms with Crippen molar-refractivity contribution in [3.8, 4) is 6.07 Å². The van der Waals surface area contributed by atoms with Gasteiger partial charge in [0.05, 0.1) is 11.5 Å². The summed E-state index contributed by atoms with van der Waals surface area (Å²) >= 11 is -0.00918. The van der Waals surface area contributed by atoms with E-state index in [4.69, 9.17) is 5.26 Å². The average molecular weight is 251 g/mol. The van der Waals surface area contributed by atoms with Crippen molar-refractivity contribution in [3.05, 3.63) is 0 Å². The van der Waals surface area contributed by atoms with Crippen LogP contribution in [0.3, 0.4) is 0 Å². The van der Waals surface area contributed by atoms with Gasteiger partial charge in [0, 0.05) is 5.75 Å². The Labute approximate surface area is 98.4 Å². The smallest absolute Gasteiger partial charge is 0.198 e. The summed E-state index contributed by atoms with van der Waals surface area (Å²) < 4.78 is 35.9. The SMILES string of the molecule is CC1CCC(C#N)(CCSC(F)(F)F)CC1. The molecule has 0 unspecified atom stereocenters. The fraction of sp³-hybridized carbons (Fsp3) is 0.909. The second-order valence-electron chi connectivity index (χ2n) is 4.62. The molecule has 0 aromatic heterocycles. The Hall–Kier alpha value is -0.370. The van der Waals surface area contributed by atoms with Crippen LogP contribution in [0.2, 0.25) is 0 Å². The summed E-state index contributed by atoms with van der Waals surface area (Å²) in [7, 11) is 0. The van der Waals surface area contributed by atoms with E-state index < -0.39 is 10.9 Å². The minimum absolute atomic E-state index is 0.00540. The molecule has 0 radical (unpaired) electrons. The molecule has 1 fully saturated rings. The third kappa shape index (κ3) is 4.25. The summed E-state index contributed by atoms with van der Waals surface area (Å²) in [5, 5.41) is 9.12. The Kier molecular flexibility index (Phi) is 4.54. The monoisotopic (exact) mass is 251 g/mol. The quantitative estimate of drug-likeness (QED) is 0.744. The van der Waals surface area contributed by atoms with E-state index in [1.54, 1.807) is 0 Å². The number of nitrogens with zero attached hydrogens (tertiary/aromatic N) is 1. The topological polar surface area (TPSA) is 23.8 Å². The Morgan fingerprint density at radius 3 is 2.38 bits per heavy atom. The number of alkyl halides is 3. The molecule has 1 nitrogen and oxygen atoms in total. The van der Waals surface area contributed by atoms with Crippen molar-refractivity contribution in [1.29, 1.82) is 5.26 Å². The van der Waals surface area contributed by atoms with Gasteiger partial charge in [0.1, 0.15) is 0 Å². The molecule has 1 saturated carbocycles. The number of hydrogen-bond donors (Lipinski definition) is 0. The van der Waals surface area contributed by atoms with E-state index >= 15 is 0 Å². The molecule has 0 amide bonds. The zero-order valence-corrected chi connectivity index (χ0v) is 10.1. The van der Waals surface area contributed by atoms with Crippen molar-refractivity contribution in [3.63, 3.8) is 0 Å². The maximum Gasteiger partial charge on any atom is 0.441 e. The Bertz CT molecular complexity index is 261. The first kappa shape index (κ1) is 13.7. The van der Waals surface area contributed by atoms with Gasteiger partial charge in [0.15, 0.2) is 0 Å². The summed E-state index contributed by atoms with van der Waals surface area (Å²) in [6, 6.07) is 2.24. The zero-order valence-electron chi connectivity index (χ0n) is 9.31. The first-order chi connectivity index (χ1) is 7.37. The van der Waals surface area contributed by atoms with Crippen LogP contribution < -0.4 is 0 Å². The molecule has 5 heteroatoms. The maximum absolute atomic E-state index is 12.0. The molecule has 1 aliphatic carbocycles. The molecule has 0 atom stereocenters. The van der Waals surface area contributed by atoms with E-state index in [0.717, 1.165) is 25.7 Å². The second-order valence-corrected chi connectivity index (χ2v) is 5.78. The molecule has 0 aromatic carbocycles. The van der Waals surface area contributed by atoms with Crippen LogP contribution in [0.4, 0.5) is 13.2 Å². The first-order valence-corrected chi connectivity index (χ1v) is 6.47. The standard InChI is InChI=1S/C11H16F3NS/c1-9-2-4-10(8-15,5-3-9)6-7-16-11(12,13)14/h9H,2-7H2,1H3. The van der Waals surface area contributed by atoms with Crippen molar-refractivity contribution in [2.45, 2.75) is 44.5 Å². The van der Waals surface area contributed by atoms with Gasteiger partial charge in [0.2, 0.25) is 0 Å². The van der Waals surface area contributed by atoms with Crippen molar-refractivity contribution in [1.82, 2.24) is 0 Å². The van der Waals surface area contributed by atoms with Crippen molar-refractivity contribution >= 4 is 11.8 Å². The zero-order chi connectivity index (χ0) is 12.2. The molecule has 16 heavy (non-hydrogen) atoms. The second kappa shape index (κ2) is 5.31. The molecule has 1 aliphatic rings. The summed E-state index contributed by atoms with van der Waals surface area (Å²) in [4.78, 5) is 0. The van der Waals surface area contributed by atoms with E-state index in [2.05, 4.69) is 13.0 Å². The summed E-state index contributed by atoms with van der Waals surface area (Å²) in [5.41, 5.74) is -4.66. The van der Waals surface area contributed by atoms with Gasteiger partial charge in [-0.15, -0.1) is 0 Å². The lowest BCUT2D eigenvalue weighted by Crippen LogP contribution is -2.26. The highest BCUT2D eigenvalue weighted by Crippen LogP contribution is 2.43. The number of rotatable bonds is 3. The minimum atomic E-state index is -4.17. The van der Waals surface area contributed by atoms with E-state index in [1.807, 2.05) is 0 Å². The number of thioether (sulfide) groups is 1. The van der Waals surface area contributed by atoms with E-state index in [-0.39, 0.29) is 17.5 Å². The molecular weight excluding hydrogens is 235 g/mol. The van der Waals surface area contributed by atoms with Gasteiger partial charge in [-0.2, -0.15) is 18.4 Å². The highest BCUT2D eigenvalue weighted by atomic mass is 32.2. The molecule has 92 valence electrons. The molecule has 0 aliphatic heterocycles. The molecule has 0 aromatic rings. The van der Waals surface area contributed by atoms with Crippen LogP contribution in [-0.4, -0.2) is 11.3 Å². The van der Waals surface area contributed by atoms with Gasteiger partial charge in [-0.05, 0) is 38.0 Å². The highest BCUT2D eigenvalue weighted by Gasteiger charge is 2.36. The molecule has 0 bridgehead atoms. The van der Waals surface area contributed by atoms with Gasteiger partial charge >= 0.3 is 5.51 Å². The van der Waals surface area contributed by atoms with Crippen LogP contribution in [-0.2, 0) is 0 Å². The molecular formula is C11H16F3NS. The molecule has 0 saturated heterocycles. The number of nitriles is 1. The maximum atomic E-state index is 12.0. The van der Waals surface area contributed by atoms with Crippen molar-refractivity contribution < 1.29 is 13.2 Å². The predicted octanol–water partition coefficient (Wildman–Crippen LogP) is 4.35. The van der Waals surface area contributed by atoms with Gasteiger partial charge < -0.3 is 0 Å². The third-order valence-electron chi connectivity index (χ3n) is 3.31. The first-order valence-electron chi connectivity index (χ1n) is 5.49. The molecule has 0 heterocycles. The molecule has 1 rings (SSSR count). The largest absolute Gasteiger partial charge is 0.441 e. The lowest BCUT2D eigenvalue weighted by atomic mass is 9.70. The van der Waals surface area contributed by atoms with Crippen LogP contribution in [0.1, 0.15) is 39.0 Å². The van der Waals surface area contributed by atoms with Crippen molar-refractivity contribution in [2.24, 2.45) is 11.3 Å². The average Bonchev–Trinajstić information content (AvgIpc) is 2.20. The summed E-state index contributed by atoms with van der Waals surface area (Å²) in [5.74, 6) is 0.613. The van der Waals surface area contributed by atoms with Gasteiger partial charge in [-0.1, -0.05) is 18.7 Å². The lowest BCUT2D eigenvalue weighted by Gasteiger charge is -2.33. The fourth-order valence-corrected chi connectivity index (χ4v) is 2.82. The Balaban J connectivity index is 2.41. The Morgan fingerprint density at radius 2 is 1.94 bits per heavy atom. The van der Waals surface area contributed by atoms with Crippen LogP contribution in [0.15, 0.2) is 0 Å². The summed E-state index contributed by atoms with van der Waals surface area (Å²) in [6.07, 6.45) is 3.79. The van der Waals surface area contributed by atoms with Crippen LogP contribution >= 0.6 is 11.8 Å². The molecule has 0 spiro atoms. The van der Waals surface area contributed by atoms with E-state index in [9.17, 15) is 13.2 Å². The van der Waals surface area contributed by atoms with E-state index in [0.29, 0.717) is 12.3 Å². The minimum Gasteiger partial charge on any atom is -0.198 e. The lowest BCUT2D eigenvalue weighted by molar-refractivity contribution is -0.0329. The van der Waals surface area contributed by atoms with Crippen molar-refractivity contribution in [2.75, 3.05) is 5.75 Å². The van der Waals surface area contributed by atoms with Crippen LogP contribution in [0.5, 0.6) is 0 Å². The molecule has 0 N–H and O–H groups in total. The summed E-state index contributed by atoms with van der Waals surface area (Å²) in [6.45, 7) is 2.13. The van der Waals surface area contributed by atoms with Crippen LogP contribution in [0, 0.1) is 22.7 Å². The number of hydrogen-bond acceptors (Lipinski definition) is 2. The normalized spacial score (nSPS) is 31.1. The Morgan fingerprint density at radius 1 is 1.38 bits per heavy atom. The van der Waals surface area contributed by atoms with Gasteiger partial charge in [-0.3, -0.25) is 0 Å². The van der Waals surface area contributed by atoms with Crippen LogP contribution in [0.25, 0.3) is 0 Å². The fourth-order valence-electron chi connectivity index (χ4n) is 2.09. The highest BCUT2D eigenvalue weighted by molar-refractivity contribution is 8.00.